The Morgan fingerprint density at radius 3 is 2.55 bits per heavy atom. The Bertz CT molecular complexity index is 1250. The van der Waals surface area contributed by atoms with Crippen LogP contribution in [-0.4, -0.2) is 36.1 Å². The van der Waals surface area contributed by atoms with Gasteiger partial charge in [-0.15, -0.1) is 15.3 Å². The third-order valence-electron chi connectivity index (χ3n) is 4.52. The first-order valence-electron chi connectivity index (χ1n) is 9.25. The molecule has 158 valence electrons. The zero-order valence-corrected chi connectivity index (χ0v) is 16.0. The Hall–Kier alpha value is -4.14. The van der Waals surface area contributed by atoms with E-state index in [0.717, 1.165) is 5.69 Å². The minimum Gasteiger partial charge on any atom is -0.382 e. The molecule has 3 heterocycles. The van der Waals surface area contributed by atoms with E-state index in [9.17, 15) is 18.4 Å². The second-order valence-electron chi connectivity index (χ2n) is 6.61. The minimum absolute atomic E-state index is 0.00142. The van der Waals surface area contributed by atoms with Crippen LogP contribution in [0.4, 0.5) is 24.8 Å². The van der Waals surface area contributed by atoms with E-state index in [1.165, 1.54) is 16.8 Å². The number of hydrogen-bond acceptors (Lipinski definition) is 7. The standard InChI is InChI=1S/C19H16F3N9/c20-19(21,22)18-27-26-16-9-8-15(29-31(16)18)25-10-4-7-14-13(11-23)17(24)30(28-14)12-5-2-1-3-6-12/h1-3,5-6,8-9H,4,7,10,24H2,(H,25,29). The van der Waals surface area contributed by atoms with Crippen molar-refractivity contribution in [2.24, 2.45) is 0 Å². The van der Waals surface area contributed by atoms with Gasteiger partial charge in [-0.05, 0) is 37.1 Å². The lowest BCUT2D eigenvalue weighted by molar-refractivity contribution is -0.146. The highest BCUT2D eigenvalue weighted by atomic mass is 19.4. The summed E-state index contributed by atoms with van der Waals surface area (Å²) in [5.74, 6) is -0.685. The molecule has 0 atom stereocenters. The van der Waals surface area contributed by atoms with Crippen LogP contribution in [0.2, 0.25) is 0 Å². The number of anilines is 2. The number of fused-ring (bicyclic) bond motifs is 1. The summed E-state index contributed by atoms with van der Waals surface area (Å²) in [7, 11) is 0. The number of benzene rings is 1. The number of rotatable bonds is 6. The zero-order valence-electron chi connectivity index (χ0n) is 16.0. The number of alkyl halides is 3. The number of nitrogens with two attached hydrogens (primary N) is 1. The number of nitriles is 1. The summed E-state index contributed by atoms with van der Waals surface area (Å²) in [4.78, 5) is 0. The number of aryl methyl sites for hydroxylation is 1. The lowest BCUT2D eigenvalue weighted by Crippen LogP contribution is -2.14. The summed E-state index contributed by atoms with van der Waals surface area (Å²) >= 11 is 0. The maximum absolute atomic E-state index is 13.0. The zero-order chi connectivity index (χ0) is 22.0. The largest absolute Gasteiger partial charge is 0.453 e. The third kappa shape index (κ3) is 3.97. The molecule has 4 rings (SSSR count). The molecule has 4 aromatic rings. The fourth-order valence-corrected chi connectivity index (χ4v) is 3.07. The van der Waals surface area contributed by atoms with E-state index >= 15 is 0 Å². The molecule has 3 aromatic heterocycles. The summed E-state index contributed by atoms with van der Waals surface area (Å²) in [6, 6.07) is 14.2. The van der Waals surface area contributed by atoms with Crippen LogP contribution >= 0.6 is 0 Å². The van der Waals surface area contributed by atoms with E-state index in [0.29, 0.717) is 35.2 Å². The molecule has 31 heavy (non-hydrogen) atoms. The predicted molar refractivity (Wildman–Crippen MR) is 105 cm³/mol. The second-order valence-corrected chi connectivity index (χ2v) is 6.61. The Morgan fingerprint density at radius 2 is 1.84 bits per heavy atom. The van der Waals surface area contributed by atoms with Gasteiger partial charge in [0, 0.05) is 6.54 Å². The molecule has 1 aromatic carbocycles. The molecular formula is C19H16F3N9. The highest BCUT2D eigenvalue weighted by molar-refractivity contribution is 5.56. The van der Waals surface area contributed by atoms with E-state index in [1.807, 2.05) is 30.3 Å². The predicted octanol–water partition coefficient (Wildman–Crippen LogP) is 2.83. The van der Waals surface area contributed by atoms with Gasteiger partial charge in [-0.1, -0.05) is 18.2 Å². The van der Waals surface area contributed by atoms with E-state index in [2.05, 4.69) is 31.8 Å². The van der Waals surface area contributed by atoms with Crippen molar-refractivity contribution in [2.75, 3.05) is 17.6 Å². The van der Waals surface area contributed by atoms with Crippen molar-refractivity contribution >= 4 is 17.3 Å². The normalized spacial score (nSPS) is 11.5. The van der Waals surface area contributed by atoms with Gasteiger partial charge in [0.2, 0.25) is 0 Å². The number of para-hydroxylation sites is 1. The number of aromatic nitrogens is 6. The van der Waals surface area contributed by atoms with Crippen molar-refractivity contribution in [1.82, 2.24) is 29.6 Å². The summed E-state index contributed by atoms with van der Waals surface area (Å²) < 4.78 is 41.1. The smallest absolute Gasteiger partial charge is 0.382 e. The quantitative estimate of drug-likeness (QED) is 0.454. The molecule has 0 aliphatic carbocycles. The van der Waals surface area contributed by atoms with E-state index in [4.69, 9.17) is 5.73 Å². The second kappa shape index (κ2) is 7.94. The Labute approximate surface area is 173 Å². The first-order valence-corrected chi connectivity index (χ1v) is 9.25. The van der Waals surface area contributed by atoms with Crippen molar-refractivity contribution in [2.45, 2.75) is 19.0 Å². The van der Waals surface area contributed by atoms with E-state index in [1.54, 1.807) is 0 Å². The van der Waals surface area contributed by atoms with Crippen LogP contribution in [0.15, 0.2) is 42.5 Å². The van der Waals surface area contributed by atoms with Crippen LogP contribution in [0.25, 0.3) is 11.3 Å². The van der Waals surface area contributed by atoms with Gasteiger partial charge < -0.3 is 11.1 Å². The molecule has 3 N–H and O–H groups in total. The first kappa shape index (κ1) is 20.1. The number of hydrogen-bond donors (Lipinski definition) is 2. The van der Waals surface area contributed by atoms with Crippen molar-refractivity contribution in [3.63, 3.8) is 0 Å². The van der Waals surface area contributed by atoms with E-state index in [-0.39, 0.29) is 17.3 Å². The molecule has 0 spiro atoms. The summed E-state index contributed by atoms with van der Waals surface area (Å²) in [5.41, 5.74) is 7.68. The lowest BCUT2D eigenvalue weighted by Gasteiger charge is -2.07. The van der Waals surface area contributed by atoms with Gasteiger partial charge in [-0.25, -0.2) is 4.68 Å². The van der Waals surface area contributed by atoms with Gasteiger partial charge in [0.25, 0.3) is 5.82 Å². The van der Waals surface area contributed by atoms with Gasteiger partial charge in [-0.3, -0.25) is 0 Å². The van der Waals surface area contributed by atoms with Crippen molar-refractivity contribution < 1.29 is 13.2 Å². The Balaban J connectivity index is 1.44. The Kier molecular flexibility index (Phi) is 5.16. The molecular weight excluding hydrogens is 411 g/mol. The van der Waals surface area contributed by atoms with Gasteiger partial charge in [0.1, 0.15) is 23.3 Å². The fraction of sp³-hybridized carbons (Fsp3) is 0.211. The van der Waals surface area contributed by atoms with Crippen LogP contribution in [0, 0.1) is 11.3 Å². The summed E-state index contributed by atoms with van der Waals surface area (Å²) in [6.07, 6.45) is -3.66. The third-order valence-corrected chi connectivity index (χ3v) is 4.52. The molecule has 0 saturated heterocycles. The Morgan fingerprint density at radius 1 is 1.06 bits per heavy atom. The van der Waals surface area contributed by atoms with Crippen LogP contribution in [-0.2, 0) is 12.6 Å². The molecule has 0 unspecified atom stereocenters. The van der Waals surface area contributed by atoms with Crippen LogP contribution in [0.5, 0.6) is 0 Å². The molecule has 9 nitrogen and oxygen atoms in total. The maximum Gasteiger partial charge on any atom is 0.453 e. The maximum atomic E-state index is 13.0. The molecule has 0 fully saturated rings. The number of nitrogens with zero attached hydrogens (tertiary/aromatic N) is 7. The average molecular weight is 427 g/mol. The molecule has 0 saturated carbocycles. The average Bonchev–Trinajstić information content (AvgIpc) is 3.32. The van der Waals surface area contributed by atoms with Crippen LogP contribution < -0.4 is 11.1 Å². The fourth-order valence-electron chi connectivity index (χ4n) is 3.07. The SMILES string of the molecule is N#Cc1c(CCCNc2ccc3nnc(C(F)(F)F)n3n2)nn(-c2ccccc2)c1N. The van der Waals surface area contributed by atoms with Crippen LogP contribution in [0.1, 0.15) is 23.5 Å². The first-order chi connectivity index (χ1) is 14.9. The number of nitrogen functional groups attached to an aromatic ring is 1. The van der Waals surface area contributed by atoms with Gasteiger partial charge in [0.15, 0.2) is 5.65 Å². The molecule has 0 bridgehead atoms. The van der Waals surface area contributed by atoms with Gasteiger partial charge in [-0.2, -0.15) is 28.0 Å². The molecule has 0 aliphatic rings. The lowest BCUT2D eigenvalue weighted by atomic mass is 10.1. The number of halogens is 3. The van der Waals surface area contributed by atoms with Crippen molar-refractivity contribution in [1.29, 1.82) is 5.26 Å². The van der Waals surface area contributed by atoms with E-state index < -0.39 is 12.0 Å². The highest BCUT2D eigenvalue weighted by Gasteiger charge is 2.37. The molecule has 0 amide bonds. The summed E-state index contributed by atoms with van der Waals surface area (Å²) in [5, 5.41) is 27.4. The topological polar surface area (TPSA) is 123 Å². The number of nitrogens with one attached hydrogen (secondary N) is 1. The van der Waals surface area contributed by atoms with Gasteiger partial charge >= 0.3 is 6.18 Å². The molecule has 12 heteroatoms. The molecule has 0 aliphatic heterocycles. The van der Waals surface area contributed by atoms with Crippen molar-refractivity contribution in [3.8, 4) is 11.8 Å². The summed E-state index contributed by atoms with van der Waals surface area (Å²) in [6.45, 7) is 0.394. The van der Waals surface area contributed by atoms with Crippen LogP contribution in [0.3, 0.4) is 0 Å². The molecule has 0 radical (unpaired) electrons. The van der Waals surface area contributed by atoms with Crippen molar-refractivity contribution in [3.05, 3.63) is 59.5 Å². The van der Waals surface area contributed by atoms with Gasteiger partial charge in [0.05, 0.1) is 11.4 Å². The highest BCUT2D eigenvalue weighted by Crippen LogP contribution is 2.27. The minimum atomic E-state index is -4.66. The monoisotopic (exact) mass is 427 g/mol.